The maximum atomic E-state index is 12.9. The number of nitrogens with two attached hydrogens (primary N) is 1. The summed E-state index contributed by atoms with van der Waals surface area (Å²) in [6.07, 6.45) is 2.15. The number of ether oxygens (including phenoxy) is 1. The van der Waals surface area contributed by atoms with Crippen LogP contribution in [0.2, 0.25) is 0 Å². The van der Waals surface area contributed by atoms with E-state index < -0.39 is 10.0 Å². The van der Waals surface area contributed by atoms with Crippen molar-refractivity contribution in [2.45, 2.75) is 30.7 Å². The van der Waals surface area contributed by atoms with Gasteiger partial charge in [-0.2, -0.15) is 4.31 Å². The van der Waals surface area contributed by atoms with Gasteiger partial charge in [-0.1, -0.05) is 6.07 Å². The van der Waals surface area contributed by atoms with E-state index in [4.69, 9.17) is 10.5 Å². The lowest BCUT2D eigenvalue weighted by molar-refractivity contribution is 0.0730. The minimum Gasteiger partial charge on any atom is -0.379 e. The number of hydrogen-bond donors (Lipinski definition) is 2. The van der Waals surface area contributed by atoms with Crippen molar-refractivity contribution < 1.29 is 17.9 Å². The number of nitrogens with one attached hydrogen (secondary N) is 1. The molecule has 1 heterocycles. The summed E-state index contributed by atoms with van der Waals surface area (Å²) in [5.41, 5.74) is 6.70. The van der Waals surface area contributed by atoms with Gasteiger partial charge in [-0.25, -0.2) is 8.42 Å². The van der Waals surface area contributed by atoms with E-state index in [9.17, 15) is 13.2 Å². The number of aryl methyl sites for hydroxylation is 1. The highest BCUT2D eigenvalue weighted by Gasteiger charge is 2.32. The van der Waals surface area contributed by atoms with Crippen LogP contribution in [0.1, 0.15) is 28.8 Å². The maximum Gasteiger partial charge on any atom is 0.251 e. The number of rotatable bonds is 6. The number of nitrogens with zero attached hydrogens (tertiary/aromatic N) is 1. The van der Waals surface area contributed by atoms with Gasteiger partial charge in [0.2, 0.25) is 10.0 Å². The van der Waals surface area contributed by atoms with Crippen molar-refractivity contribution in [1.29, 1.82) is 0 Å². The highest BCUT2D eigenvalue weighted by molar-refractivity contribution is 7.89. The largest absolute Gasteiger partial charge is 0.379 e. The summed E-state index contributed by atoms with van der Waals surface area (Å²) in [5.74, 6) is 0.164. The lowest BCUT2D eigenvalue weighted by Gasteiger charge is -2.27. The number of carbonyl (C=O) groups excluding carboxylic acids is 1. The first-order valence-electron chi connectivity index (χ1n) is 8.63. The summed E-state index contributed by atoms with van der Waals surface area (Å²) in [5, 5.41) is 2.93. The number of hydrogen-bond acceptors (Lipinski definition) is 5. The molecule has 0 aromatic heterocycles. The highest BCUT2D eigenvalue weighted by atomic mass is 35.5. The molecule has 0 radical (unpaired) electrons. The van der Waals surface area contributed by atoms with Crippen molar-refractivity contribution in [1.82, 2.24) is 9.62 Å². The molecule has 1 aliphatic carbocycles. The Balaban J connectivity index is 0.00000243. The average molecular weight is 404 g/mol. The molecule has 2 fully saturated rings. The van der Waals surface area contributed by atoms with Gasteiger partial charge in [-0.05, 0) is 43.4 Å². The Morgan fingerprint density at radius 1 is 1.35 bits per heavy atom. The fourth-order valence-electron chi connectivity index (χ4n) is 3.06. The Labute approximate surface area is 160 Å². The molecule has 3 N–H and O–H groups in total. The molecule has 1 aromatic rings. The molecule has 7 nitrogen and oxygen atoms in total. The van der Waals surface area contributed by atoms with Crippen LogP contribution < -0.4 is 11.1 Å². The highest BCUT2D eigenvalue weighted by Crippen LogP contribution is 2.32. The summed E-state index contributed by atoms with van der Waals surface area (Å²) in [6.45, 7) is 3.56. The van der Waals surface area contributed by atoms with E-state index >= 15 is 0 Å². The fourth-order valence-corrected chi connectivity index (χ4v) is 4.72. The van der Waals surface area contributed by atoms with Gasteiger partial charge in [0.1, 0.15) is 0 Å². The van der Waals surface area contributed by atoms with Gasteiger partial charge >= 0.3 is 0 Å². The lowest BCUT2D eigenvalue weighted by atomic mass is 10.1. The molecule has 1 saturated heterocycles. The first-order chi connectivity index (χ1) is 11.9. The zero-order valence-corrected chi connectivity index (χ0v) is 16.4. The molecule has 1 unspecified atom stereocenters. The number of halogens is 1. The molecular weight excluding hydrogens is 378 g/mol. The topological polar surface area (TPSA) is 102 Å². The molecular formula is C17H26ClN3O4S. The molecule has 1 saturated carbocycles. The van der Waals surface area contributed by atoms with Crippen molar-refractivity contribution in [3.8, 4) is 0 Å². The van der Waals surface area contributed by atoms with Crippen molar-refractivity contribution >= 4 is 28.3 Å². The molecule has 0 spiro atoms. The third-order valence-corrected chi connectivity index (χ3v) is 6.84. The van der Waals surface area contributed by atoms with Gasteiger partial charge < -0.3 is 15.8 Å². The van der Waals surface area contributed by atoms with Crippen LogP contribution in [0.25, 0.3) is 0 Å². The number of sulfonamides is 1. The minimum atomic E-state index is -3.64. The average Bonchev–Trinajstić information content (AvgIpc) is 3.45. The van der Waals surface area contributed by atoms with Gasteiger partial charge in [0.15, 0.2) is 0 Å². The van der Waals surface area contributed by atoms with Crippen LogP contribution in [0.15, 0.2) is 23.1 Å². The second kappa shape index (κ2) is 8.67. The SMILES string of the molecule is Cc1ccc(C(=O)NC(CN)C2CC2)cc1S(=O)(=O)N1CCOCC1.Cl. The predicted molar refractivity (Wildman–Crippen MR) is 101 cm³/mol. The van der Waals surface area contributed by atoms with E-state index in [1.54, 1.807) is 19.1 Å². The van der Waals surface area contributed by atoms with Crippen LogP contribution >= 0.6 is 12.4 Å². The first kappa shape index (κ1) is 21.1. The Kier molecular flexibility index (Phi) is 7.04. The summed E-state index contributed by atoms with van der Waals surface area (Å²) in [7, 11) is -3.64. The smallest absolute Gasteiger partial charge is 0.251 e. The monoisotopic (exact) mass is 403 g/mol. The second-order valence-corrected chi connectivity index (χ2v) is 8.56. The van der Waals surface area contributed by atoms with Crippen molar-refractivity contribution in [2.75, 3.05) is 32.8 Å². The molecule has 146 valence electrons. The summed E-state index contributed by atoms with van der Waals surface area (Å²) in [6, 6.07) is 4.75. The van der Waals surface area contributed by atoms with Gasteiger partial charge in [0, 0.05) is 31.2 Å². The maximum absolute atomic E-state index is 12.9. The van der Waals surface area contributed by atoms with Gasteiger partial charge in [-0.3, -0.25) is 4.79 Å². The molecule has 1 aromatic carbocycles. The zero-order valence-electron chi connectivity index (χ0n) is 14.8. The third-order valence-electron chi connectivity index (χ3n) is 4.80. The molecule has 3 rings (SSSR count). The fraction of sp³-hybridized carbons (Fsp3) is 0.588. The van der Waals surface area contributed by atoms with E-state index in [1.807, 2.05) is 0 Å². The summed E-state index contributed by atoms with van der Waals surface area (Å²) >= 11 is 0. The van der Waals surface area contributed by atoms with E-state index in [0.29, 0.717) is 49.9 Å². The lowest BCUT2D eigenvalue weighted by Crippen LogP contribution is -2.42. The predicted octanol–water partition coefficient (Wildman–Crippen LogP) is 0.905. The first-order valence-corrected chi connectivity index (χ1v) is 10.1. The third kappa shape index (κ3) is 4.55. The molecule has 9 heteroatoms. The van der Waals surface area contributed by atoms with Crippen LogP contribution in [-0.4, -0.2) is 57.5 Å². The van der Waals surface area contributed by atoms with Crippen LogP contribution in [0, 0.1) is 12.8 Å². The Bertz CT molecular complexity index is 746. The van der Waals surface area contributed by atoms with Gasteiger partial charge in [0.25, 0.3) is 5.91 Å². The Morgan fingerprint density at radius 3 is 2.58 bits per heavy atom. The van der Waals surface area contributed by atoms with Crippen LogP contribution in [0.5, 0.6) is 0 Å². The molecule has 2 aliphatic rings. The van der Waals surface area contributed by atoms with Crippen molar-refractivity contribution in [2.24, 2.45) is 11.7 Å². The van der Waals surface area contributed by atoms with E-state index in [-0.39, 0.29) is 29.3 Å². The van der Waals surface area contributed by atoms with Crippen LogP contribution in [0.4, 0.5) is 0 Å². The standard InChI is InChI=1S/C17H25N3O4S.ClH/c1-12-2-3-14(17(21)19-15(11-18)13-4-5-13)10-16(12)25(22,23)20-6-8-24-9-7-20;/h2-3,10,13,15H,4-9,11,18H2,1H3,(H,19,21);1H. The Hall–Kier alpha value is -1.19. The number of amides is 1. The molecule has 26 heavy (non-hydrogen) atoms. The quantitative estimate of drug-likeness (QED) is 0.734. The van der Waals surface area contributed by atoms with E-state index in [1.165, 1.54) is 10.4 Å². The summed E-state index contributed by atoms with van der Waals surface area (Å²) < 4.78 is 32.4. The molecule has 0 bridgehead atoms. The van der Waals surface area contributed by atoms with Crippen LogP contribution in [-0.2, 0) is 14.8 Å². The normalized spacial score (nSPS) is 19.5. The summed E-state index contributed by atoms with van der Waals surface area (Å²) in [4.78, 5) is 12.7. The van der Waals surface area contributed by atoms with E-state index in [2.05, 4.69) is 5.32 Å². The number of carbonyl (C=O) groups is 1. The van der Waals surface area contributed by atoms with E-state index in [0.717, 1.165) is 12.8 Å². The van der Waals surface area contributed by atoms with Gasteiger partial charge in [0.05, 0.1) is 18.1 Å². The molecule has 1 atom stereocenters. The number of morpholine rings is 1. The van der Waals surface area contributed by atoms with Gasteiger partial charge in [-0.15, -0.1) is 12.4 Å². The zero-order chi connectivity index (χ0) is 18.0. The van der Waals surface area contributed by atoms with Crippen molar-refractivity contribution in [3.05, 3.63) is 29.3 Å². The van der Waals surface area contributed by atoms with Crippen LogP contribution in [0.3, 0.4) is 0 Å². The Morgan fingerprint density at radius 2 is 2.00 bits per heavy atom. The molecule has 1 aliphatic heterocycles. The molecule has 1 amide bonds. The minimum absolute atomic E-state index is 0. The second-order valence-electron chi connectivity index (χ2n) is 6.65. The number of benzene rings is 1. The van der Waals surface area contributed by atoms with Crippen molar-refractivity contribution in [3.63, 3.8) is 0 Å².